The molecule has 0 N–H and O–H groups in total. The molecule has 0 spiro atoms. The van der Waals surface area contributed by atoms with Crippen molar-refractivity contribution < 1.29 is 9.47 Å². The Kier molecular flexibility index (Phi) is 4.12. The topological polar surface area (TPSA) is 47.0 Å². The Balaban J connectivity index is 1.47. The van der Waals surface area contributed by atoms with Gasteiger partial charge in [0.25, 0.3) is 0 Å². The van der Waals surface area contributed by atoms with E-state index in [0.717, 1.165) is 42.6 Å². The Morgan fingerprint density at radius 3 is 2.70 bits per heavy atom. The van der Waals surface area contributed by atoms with Gasteiger partial charge in [0.15, 0.2) is 0 Å². The summed E-state index contributed by atoms with van der Waals surface area (Å²) in [6, 6.07) is 11.5. The zero-order valence-corrected chi connectivity index (χ0v) is 15.9. The SMILES string of the molecule is CC(C)Oc1ccc2c(c1)C(c1ccnc(N3C4CCC3COC4)c1)=NC2. The van der Waals surface area contributed by atoms with Crippen LogP contribution in [0, 0.1) is 0 Å². The molecule has 2 fully saturated rings. The van der Waals surface area contributed by atoms with Crippen LogP contribution in [0.5, 0.6) is 5.75 Å². The van der Waals surface area contributed by atoms with E-state index < -0.39 is 0 Å². The van der Waals surface area contributed by atoms with E-state index in [0.29, 0.717) is 12.1 Å². The molecule has 140 valence electrons. The molecule has 1 aromatic heterocycles. The lowest BCUT2D eigenvalue weighted by Gasteiger charge is -2.35. The first-order valence-electron chi connectivity index (χ1n) is 9.86. The summed E-state index contributed by atoms with van der Waals surface area (Å²) in [5.41, 5.74) is 4.61. The molecule has 27 heavy (non-hydrogen) atoms. The van der Waals surface area contributed by atoms with Crippen molar-refractivity contribution in [1.82, 2.24) is 4.98 Å². The number of morpholine rings is 1. The standard InChI is InChI=1S/C22H25N3O2/c1-14(2)27-19-6-3-16-11-24-22(20(16)10-19)15-7-8-23-21(9-15)25-17-4-5-18(25)13-26-12-17/h3,6-10,14,17-18H,4-5,11-13H2,1-2H3. The summed E-state index contributed by atoms with van der Waals surface area (Å²) in [6.45, 7) is 6.44. The van der Waals surface area contributed by atoms with E-state index in [4.69, 9.17) is 14.5 Å². The first kappa shape index (κ1) is 16.8. The highest BCUT2D eigenvalue weighted by molar-refractivity contribution is 6.15. The Hall–Kier alpha value is -2.40. The van der Waals surface area contributed by atoms with Crippen LogP contribution in [-0.4, -0.2) is 42.1 Å². The van der Waals surface area contributed by atoms with Crippen molar-refractivity contribution in [3.63, 3.8) is 0 Å². The molecule has 0 aliphatic carbocycles. The number of rotatable bonds is 4. The van der Waals surface area contributed by atoms with Crippen LogP contribution >= 0.6 is 0 Å². The second kappa shape index (κ2) is 6.64. The maximum absolute atomic E-state index is 5.89. The van der Waals surface area contributed by atoms with Crippen LogP contribution in [0.3, 0.4) is 0 Å². The van der Waals surface area contributed by atoms with E-state index in [1.54, 1.807) is 0 Å². The Morgan fingerprint density at radius 1 is 1.11 bits per heavy atom. The van der Waals surface area contributed by atoms with Gasteiger partial charge in [0.05, 0.1) is 43.7 Å². The molecule has 0 saturated carbocycles. The molecule has 5 nitrogen and oxygen atoms in total. The number of hydrogen-bond acceptors (Lipinski definition) is 5. The average Bonchev–Trinajstić information content (AvgIpc) is 3.19. The van der Waals surface area contributed by atoms with Gasteiger partial charge >= 0.3 is 0 Å². The van der Waals surface area contributed by atoms with Gasteiger partial charge in [-0.3, -0.25) is 4.99 Å². The Bertz CT molecular complexity index is 877. The Morgan fingerprint density at radius 2 is 1.93 bits per heavy atom. The second-order valence-electron chi connectivity index (χ2n) is 7.88. The van der Waals surface area contributed by atoms with Crippen molar-refractivity contribution in [3.8, 4) is 5.75 Å². The lowest BCUT2D eigenvalue weighted by Crippen LogP contribution is -2.46. The predicted molar refractivity (Wildman–Crippen MR) is 106 cm³/mol. The first-order chi connectivity index (χ1) is 13.2. The number of anilines is 1. The van der Waals surface area contributed by atoms with Crippen LogP contribution in [0.15, 0.2) is 41.5 Å². The highest BCUT2D eigenvalue weighted by Crippen LogP contribution is 2.34. The van der Waals surface area contributed by atoms with Crippen molar-refractivity contribution in [1.29, 1.82) is 0 Å². The smallest absolute Gasteiger partial charge is 0.129 e. The van der Waals surface area contributed by atoms with Gasteiger partial charge in [0, 0.05) is 17.3 Å². The summed E-state index contributed by atoms with van der Waals surface area (Å²) in [5, 5.41) is 0. The minimum atomic E-state index is 0.161. The van der Waals surface area contributed by atoms with Crippen molar-refractivity contribution in [3.05, 3.63) is 53.2 Å². The number of ether oxygens (including phenoxy) is 2. The highest BCUT2D eigenvalue weighted by Gasteiger charge is 2.38. The third-order valence-electron chi connectivity index (χ3n) is 5.64. The number of benzene rings is 1. The number of aromatic nitrogens is 1. The van der Waals surface area contributed by atoms with Gasteiger partial charge in [-0.2, -0.15) is 0 Å². The molecule has 2 atom stereocenters. The van der Waals surface area contributed by atoms with Gasteiger partial charge in [-0.25, -0.2) is 4.98 Å². The molecule has 4 heterocycles. The zero-order chi connectivity index (χ0) is 18.4. The van der Waals surface area contributed by atoms with Gasteiger partial charge in [-0.1, -0.05) is 6.07 Å². The van der Waals surface area contributed by atoms with E-state index in [-0.39, 0.29) is 6.10 Å². The fraction of sp³-hybridized carbons (Fsp3) is 0.455. The van der Waals surface area contributed by atoms with Crippen LogP contribution < -0.4 is 9.64 Å². The van der Waals surface area contributed by atoms with Gasteiger partial charge < -0.3 is 14.4 Å². The molecule has 5 rings (SSSR count). The normalized spacial score (nSPS) is 23.5. The van der Waals surface area contributed by atoms with Crippen molar-refractivity contribution in [2.75, 3.05) is 18.1 Å². The number of fused-ring (bicyclic) bond motifs is 3. The fourth-order valence-corrected chi connectivity index (χ4v) is 4.47. The van der Waals surface area contributed by atoms with Crippen LogP contribution in [0.4, 0.5) is 5.82 Å². The van der Waals surface area contributed by atoms with E-state index in [2.05, 4.69) is 34.1 Å². The summed E-state index contributed by atoms with van der Waals surface area (Å²) in [7, 11) is 0. The Labute approximate surface area is 160 Å². The number of hydrogen-bond donors (Lipinski definition) is 0. The predicted octanol–water partition coefficient (Wildman–Crippen LogP) is 3.59. The average molecular weight is 363 g/mol. The molecular weight excluding hydrogens is 338 g/mol. The lowest BCUT2D eigenvalue weighted by molar-refractivity contribution is 0.0902. The minimum absolute atomic E-state index is 0.161. The summed E-state index contributed by atoms with van der Waals surface area (Å²) in [5.74, 6) is 1.95. The molecule has 2 unspecified atom stereocenters. The second-order valence-corrected chi connectivity index (χ2v) is 7.88. The third kappa shape index (κ3) is 3.00. The molecule has 2 bridgehead atoms. The summed E-state index contributed by atoms with van der Waals surface area (Å²) < 4.78 is 11.6. The lowest BCUT2D eigenvalue weighted by atomic mass is 10.0. The summed E-state index contributed by atoms with van der Waals surface area (Å²) in [4.78, 5) is 12.0. The molecule has 3 aliphatic heterocycles. The molecule has 5 heteroatoms. The summed E-state index contributed by atoms with van der Waals surface area (Å²) in [6.07, 6.45) is 4.45. The number of pyridine rings is 1. The van der Waals surface area contributed by atoms with E-state index in [9.17, 15) is 0 Å². The van der Waals surface area contributed by atoms with E-state index >= 15 is 0 Å². The van der Waals surface area contributed by atoms with Crippen molar-refractivity contribution >= 4 is 11.5 Å². The van der Waals surface area contributed by atoms with Crippen LogP contribution in [0.25, 0.3) is 0 Å². The van der Waals surface area contributed by atoms with Crippen LogP contribution in [-0.2, 0) is 11.3 Å². The monoisotopic (exact) mass is 363 g/mol. The molecular formula is C22H25N3O2. The largest absolute Gasteiger partial charge is 0.491 e. The molecule has 1 aromatic carbocycles. The van der Waals surface area contributed by atoms with Gasteiger partial charge in [-0.15, -0.1) is 0 Å². The number of nitrogens with zero attached hydrogens (tertiary/aromatic N) is 3. The maximum atomic E-state index is 5.89. The first-order valence-corrected chi connectivity index (χ1v) is 9.86. The quantitative estimate of drug-likeness (QED) is 0.833. The minimum Gasteiger partial charge on any atom is -0.491 e. The van der Waals surface area contributed by atoms with Gasteiger partial charge in [0.1, 0.15) is 11.6 Å². The van der Waals surface area contributed by atoms with Crippen molar-refractivity contribution in [2.45, 2.75) is 51.4 Å². The van der Waals surface area contributed by atoms with Gasteiger partial charge in [-0.05, 0) is 56.5 Å². The van der Waals surface area contributed by atoms with Crippen LogP contribution in [0.2, 0.25) is 0 Å². The maximum Gasteiger partial charge on any atom is 0.129 e. The van der Waals surface area contributed by atoms with Crippen LogP contribution in [0.1, 0.15) is 43.4 Å². The van der Waals surface area contributed by atoms with Gasteiger partial charge in [0.2, 0.25) is 0 Å². The molecule has 0 amide bonds. The third-order valence-corrected chi connectivity index (χ3v) is 5.64. The molecule has 3 aliphatic rings. The van der Waals surface area contributed by atoms with E-state index in [1.165, 1.54) is 24.0 Å². The zero-order valence-electron chi connectivity index (χ0n) is 15.9. The molecule has 2 aromatic rings. The molecule has 2 saturated heterocycles. The number of aliphatic imine (C=N–C) groups is 1. The van der Waals surface area contributed by atoms with E-state index in [1.807, 2.05) is 26.1 Å². The fourth-order valence-electron chi connectivity index (χ4n) is 4.47. The summed E-state index contributed by atoms with van der Waals surface area (Å²) >= 11 is 0. The molecule has 0 radical (unpaired) electrons. The highest BCUT2D eigenvalue weighted by atomic mass is 16.5. The van der Waals surface area contributed by atoms with Crippen molar-refractivity contribution in [2.24, 2.45) is 4.99 Å².